The van der Waals surface area contributed by atoms with Crippen molar-refractivity contribution in [3.8, 4) is 0 Å². The highest BCUT2D eigenvalue weighted by Crippen LogP contribution is 2.20. The van der Waals surface area contributed by atoms with E-state index in [0.717, 1.165) is 22.9 Å². The van der Waals surface area contributed by atoms with Crippen molar-refractivity contribution in [2.24, 2.45) is 0 Å². The van der Waals surface area contributed by atoms with Crippen molar-refractivity contribution in [1.29, 1.82) is 0 Å². The first-order valence-corrected chi connectivity index (χ1v) is 6.90. The van der Waals surface area contributed by atoms with E-state index in [1.807, 2.05) is 48.5 Å². The third kappa shape index (κ3) is 2.88. The molecule has 0 aliphatic rings. The molecule has 0 fully saturated rings. The number of carbonyl (C=O) groups is 1. The second kappa shape index (κ2) is 5.96. The smallest absolute Gasteiger partial charge is 0.194 e. The first-order valence-electron chi connectivity index (χ1n) is 6.10. The first kappa shape index (κ1) is 13.0. The second-order valence-corrected chi connectivity index (χ2v) is 5.11. The zero-order valence-corrected chi connectivity index (χ0v) is 11.9. The van der Waals surface area contributed by atoms with Crippen molar-refractivity contribution in [2.45, 2.75) is 19.8 Å². The summed E-state index contributed by atoms with van der Waals surface area (Å²) < 4.78 is 0.840. The molecule has 2 aromatic rings. The molecule has 0 radical (unpaired) electrons. The summed E-state index contributed by atoms with van der Waals surface area (Å²) in [5.41, 5.74) is 2.73. The maximum atomic E-state index is 12.3. The Labute approximate surface area is 116 Å². The predicted molar refractivity (Wildman–Crippen MR) is 78.0 cm³/mol. The SMILES string of the molecule is CCCc1ccc(C(=O)c2ccccc2Br)cc1. The number of hydrogen-bond acceptors (Lipinski definition) is 1. The van der Waals surface area contributed by atoms with Crippen LogP contribution in [0.25, 0.3) is 0 Å². The van der Waals surface area contributed by atoms with E-state index in [1.54, 1.807) is 0 Å². The Morgan fingerprint density at radius 2 is 1.72 bits per heavy atom. The van der Waals surface area contributed by atoms with Crippen LogP contribution in [0.1, 0.15) is 34.8 Å². The number of rotatable bonds is 4. The van der Waals surface area contributed by atoms with E-state index in [2.05, 4.69) is 22.9 Å². The third-order valence-corrected chi connectivity index (χ3v) is 3.56. The lowest BCUT2D eigenvalue weighted by Gasteiger charge is -2.05. The summed E-state index contributed by atoms with van der Waals surface area (Å²) in [5, 5.41) is 0. The summed E-state index contributed by atoms with van der Waals surface area (Å²) in [6.07, 6.45) is 2.18. The van der Waals surface area contributed by atoms with E-state index in [-0.39, 0.29) is 5.78 Å². The molecule has 18 heavy (non-hydrogen) atoms. The Morgan fingerprint density at radius 1 is 1.06 bits per heavy atom. The average Bonchev–Trinajstić information content (AvgIpc) is 2.40. The highest BCUT2D eigenvalue weighted by atomic mass is 79.9. The van der Waals surface area contributed by atoms with Gasteiger partial charge in [-0.3, -0.25) is 4.79 Å². The number of hydrogen-bond donors (Lipinski definition) is 0. The average molecular weight is 303 g/mol. The van der Waals surface area contributed by atoms with E-state index in [4.69, 9.17) is 0 Å². The lowest BCUT2D eigenvalue weighted by Crippen LogP contribution is -2.02. The van der Waals surface area contributed by atoms with Crippen LogP contribution in [-0.2, 0) is 6.42 Å². The van der Waals surface area contributed by atoms with Crippen LogP contribution in [0, 0.1) is 0 Å². The number of halogens is 1. The fourth-order valence-corrected chi connectivity index (χ4v) is 2.38. The predicted octanol–water partition coefficient (Wildman–Crippen LogP) is 4.63. The molecule has 0 bridgehead atoms. The maximum Gasteiger partial charge on any atom is 0.194 e. The number of ketones is 1. The van der Waals surface area contributed by atoms with Crippen molar-refractivity contribution in [3.05, 3.63) is 69.7 Å². The van der Waals surface area contributed by atoms with Crippen LogP contribution >= 0.6 is 15.9 Å². The molecule has 0 amide bonds. The lowest BCUT2D eigenvalue weighted by atomic mass is 10.0. The van der Waals surface area contributed by atoms with Crippen molar-refractivity contribution >= 4 is 21.7 Å². The van der Waals surface area contributed by atoms with Crippen molar-refractivity contribution in [2.75, 3.05) is 0 Å². The Bertz CT molecular complexity index is 543. The minimum absolute atomic E-state index is 0.0607. The molecule has 0 heterocycles. The summed E-state index contributed by atoms with van der Waals surface area (Å²) >= 11 is 3.41. The Hall–Kier alpha value is -1.41. The van der Waals surface area contributed by atoms with E-state index < -0.39 is 0 Å². The van der Waals surface area contributed by atoms with Crippen LogP contribution in [0.2, 0.25) is 0 Å². The Balaban J connectivity index is 2.27. The molecule has 0 N–H and O–H groups in total. The second-order valence-electron chi connectivity index (χ2n) is 4.26. The molecule has 92 valence electrons. The quantitative estimate of drug-likeness (QED) is 0.752. The number of carbonyl (C=O) groups excluding carboxylic acids is 1. The van der Waals surface area contributed by atoms with E-state index >= 15 is 0 Å². The zero-order chi connectivity index (χ0) is 13.0. The van der Waals surface area contributed by atoms with Gasteiger partial charge in [-0.1, -0.05) is 65.7 Å². The maximum absolute atomic E-state index is 12.3. The molecule has 0 unspecified atom stereocenters. The van der Waals surface area contributed by atoms with Crippen molar-refractivity contribution in [1.82, 2.24) is 0 Å². The molecule has 2 rings (SSSR count). The van der Waals surface area contributed by atoms with Crippen molar-refractivity contribution < 1.29 is 4.79 Å². The van der Waals surface area contributed by atoms with Crippen molar-refractivity contribution in [3.63, 3.8) is 0 Å². The molecular weight excluding hydrogens is 288 g/mol. The Kier molecular flexibility index (Phi) is 4.32. The fourth-order valence-electron chi connectivity index (χ4n) is 1.91. The highest BCUT2D eigenvalue weighted by molar-refractivity contribution is 9.10. The summed E-state index contributed by atoms with van der Waals surface area (Å²) in [6.45, 7) is 2.15. The van der Waals surface area contributed by atoms with Gasteiger partial charge in [0.05, 0.1) is 0 Å². The van der Waals surface area contributed by atoms with Gasteiger partial charge in [-0.25, -0.2) is 0 Å². The van der Waals surface area contributed by atoms with E-state index in [9.17, 15) is 4.79 Å². The van der Waals surface area contributed by atoms with E-state index in [1.165, 1.54) is 5.56 Å². The molecule has 1 nitrogen and oxygen atoms in total. The topological polar surface area (TPSA) is 17.1 Å². The van der Waals surface area contributed by atoms with Gasteiger partial charge in [0.1, 0.15) is 0 Å². The molecule has 0 atom stereocenters. The first-order chi connectivity index (χ1) is 8.72. The van der Waals surface area contributed by atoms with Crippen LogP contribution in [-0.4, -0.2) is 5.78 Å². The molecule has 2 heteroatoms. The van der Waals surface area contributed by atoms with Crippen LogP contribution in [0.5, 0.6) is 0 Å². The van der Waals surface area contributed by atoms with Crippen LogP contribution in [0.4, 0.5) is 0 Å². The fraction of sp³-hybridized carbons (Fsp3) is 0.188. The summed E-state index contributed by atoms with van der Waals surface area (Å²) in [6, 6.07) is 15.4. The molecule has 0 aliphatic carbocycles. The molecule has 0 aliphatic heterocycles. The van der Waals surface area contributed by atoms with Crippen LogP contribution in [0.15, 0.2) is 53.0 Å². The van der Waals surface area contributed by atoms with E-state index in [0.29, 0.717) is 5.56 Å². The highest BCUT2D eigenvalue weighted by Gasteiger charge is 2.11. The van der Waals surface area contributed by atoms with Crippen LogP contribution < -0.4 is 0 Å². The molecule has 0 spiro atoms. The molecular formula is C16H15BrO. The van der Waals surface area contributed by atoms with Gasteiger partial charge in [0, 0.05) is 15.6 Å². The number of benzene rings is 2. The summed E-state index contributed by atoms with van der Waals surface area (Å²) in [7, 11) is 0. The van der Waals surface area contributed by atoms with Crippen LogP contribution in [0.3, 0.4) is 0 Å². The van der Waals surface area contributed by atoms with Gasteiger partial charge in [-0.05, 0) is 24.1 Å². The van der Waals surface area contributed by atoms with Gasteiger partial charge in [0.15, 0.2) is 5.78 Å². The van der Waals surface area contributed by atoms with Gasteiger partial charge in [-0.2, -0.15) is 0 Å². The van der Waals surface area contributed by atoms with Gasteiger partial charge >= 0.3 is 0 Å². The summed E-state index contributed by atoms with van der Waals surface area (Å²) in [4.78, 5) is 12.3. The zero-order valence-electron chi connectivity index (χ0n) is 10.3. The standard InChI is InChI=1S/C16H15BrO/c1-2-5-12-8-10-13(11-9-12)16(18)14-6-3-4-7-15(14)17/h3-4,6-11H,2,5H2,1H3. The third-order valence-electron chi connectivity index (χ3n) is 2.87. The normalized spacial score (nSPS) is 10.3. The Morgan fingerprint density at radius 3 is 2.33 bits per heavy atom. The minimum Gasteiger partial charge on any atom is -0.289 e. The number of aryl methyl sites for hydroxylation is 1. The minimum atomic E-state index is 0.0607. The molecule has 0 saturated heterocycles. The van der Waals surface area contributed by atoms with Gasteiger partial charge < -0.3 is 0 Å². The summed E-state index contributed by atoms with van der Waals surface area (Å²) in [5.74, 6) is 0.0607. The molecule has 0 saturated carbocycles. The van der Waals surface area contributed by atoms with Gasteiger partial charge in [-0.15, -0.1) is 0 Å². The van der Waals surface area contributed by atoms with Gasteiger partial charge in [0.25, 0.3) is 0 Å². The lowest BCUT2D eigenvalue weighted by molar-refractivity contribution is 0.103. The largest absolute Gasteiger partial charge is 0.289 e. The molecule has 2 aromatic carbocycles. The van der Waals surface area contributed by atoms with Gasteiger partial charge in [0.2, 0.25) is 0 Å². The monoisotopic (exact) mass is 302 g/mol. The molecule has 0 aromatic heterocycles.